The first-order valence-corrected chi connectivity index (χ1v) is 6.49. The summed E-state index contributed by atoms with van der Waals surface area (Å²) in [6.07, 6.45) is 0.251. The lowest BCUT2D eigenvalue weighted by molar-refractivity contribution is 0.0962. The third-order valence-electron chi connectivity index (χ3n) is 2.75. The highest BCUT2D eigenvalue weighted by atomic mass is 35.5. The summed E-state index contributed by atoms with van der Waals surface area (Å²) in [5.74, 6) is 0.409. The summed E-state index contributed by atoms with van der Waals surface area (Å²) >= 11 is 5.85. The number of carbonyl (C=O) groups excluding carboxylic acids is 1. The second kappa shape index (κ2) is 6.74. The SMILES string of the molecule is N#Cc1ccc(Cl)cc1OCCC(=O)c1ccccc1. The van der Waals surface area contributed by atoms with Crippen molar-refractivity contribution in [2.24, 2.45) is 0 Å². The van der Waals surface area contributed by atoms with Crippen LogP contribution in [0.4, 0.5) is 0 Å². The van der Waals surface area contributed by atoms with E-state index in [4.69, 9.17) is 21.6 Å². The van der Waals surface area contributed by atoms with E-state index in [2.05, 4.69) is 0 Å². The Kier molecular flexibility index (Phi) is 4.75. The molecule has 0 aromatic heterocycles. The molecule has 0 saturated carbocycles. The number of nitriles is 1. The summed E-state index contributed by atoms with van der Waals surface area (Å²) < 4.78 is 5.47. The Morgan fingerprint density at radius 2 is 1.95 bits per heavy atom. The lowest BCUT2D eigenvalue weighted by Gasteiger charge is -2.07. The summed E-state index contributed by atoms with van der Waals surface area (Å²) in [7, 11) is 0. The van der Waals surface area contributed by atoms with Gasteiger partial charge in [-0.2, -0.15) is 5.26 Å². The number of carbonyl (C=O) groups is 1. The first-order valence-electron chi connectivity index (χ1n) is 6.11. The van der Waals surface area contributed by atoms with E-state index in [0.29, 0.717) is 21.9 Å². The van der Waals surface area contributed by atoms with E-state index < -0.39 is 0 Å². The molecule has 0 saturated heterocycles. The molecule has 2 aromatic rings. The summed E-state index contributed by atoms with van der Waals surface area (Å²) in [5.41, 5.74) is 1.06. The van der Waals surface area contributed by atoms with E-state index in [0.717, 1.165) is 0 Å². The average Bonchev–Trinajstić information content (AvgIpc) is 2.48. The molecule has 0 fully saturated rings. The van der Waals surface area contributed by atoms with Crippen LogP contribution in [0.1, 0.15) is 22.3 Å². The number of hydrogen-bond donors (Lipinski definition) is 0. The zero-order chi connectivity index (χ0) is 14.4. The van der Waals surface area contributed by atoms with Crippen molar-refractivity contribution >= 4 is 17.4 Å². The molecule has 100 valence electrons. The Morgan fingerprint density at radius 1 is 1.20 bits per heavy atom. The number of benzene rings is 2. The highest BCUT2D eigenvalue weighted by Crippen LogP contribution is 2.22. The van der Waals surface area contributed by atoms with Gasteiger partial charge in [-0.3, -0.25) is 4.79 Å². The van der Waals surface area contributed by atoms with Crippen LogP contribution < -0.4 is 4.74 Å². The highest BCUT2D eigenvalue weighted by Gasteiger charge is 2.08. The maximum atomic E-state index is 11.9. The van der Waals surface area contributed by atoms with Crippen LogP contribution in [0, 0.1) is 11.3 Å². The molecule has 0 atom stereocenters. The van der Waals surface area contributed by atoms with Crippen LogP contribution in [-0.2, 0) is 0 Å². The summed E-state index contributed by atoms with van der Waals surface area (Å²) in [5, 5.41) is 9.45. The largest absolute Gasteiger partial charge is 0.492 e. The molecule has 20 heavy (non-hydrogen) atoms. The Morgan fingerprint density at radius 3 is 2.65 bits per heavy atom. The van der Waals surface area contributed by atoms with E-state index >= 15 is 0 Å². The standard InChI is InChI=1S/C16H12ClNO2/c17-14-7-6-13(11-18)16(10-14)20-9-8-15(19)12-4-2-1-3-5-12/h1-7,10H,8-9H2. The van der Waals surface area contributed by atoms with Crippen molar-refractivity contribution in [2.75, 3.05) is 6.61 Å². The van der Waals surface area contributed by atoms with Crippen LogP contribution in [0.2, 0.25) is 5.02 Å². The van der Waals surface area contributed by atoms with Gasteiger partial charge in [0.15, 0.2) is 5.78 Å². The molecule has 3 nitrogen and oxygen atoms in total. The normalized spacial score (nSPS) is 9.80. The molecule has 0 aliphatic heterocycles. The molecule has 0 bridgehead atoms. The van der Waals surface area contributed by atoms with Crippen LogP contribution in [0.5, 0.6) is 5.75 Å². The zero-order valence-electron chi connectivity index (χ0n) is 10.7. The fraction of sp³-hybridized carbons (Fsp3) is 0.125. The van der Waals surface area contributed by atoms with Crippen LogP contribution in [0.15, 0.2) is 48.5 Å². The van der Waals surface area contributed by atoms with Crippen molar-refractivity contribution in [3.05, 3.63) is 64.7 Å². The van der Waals surface area contributed by atoms with Gasteiger partial charge in [-0.25, -0.2) is 0 Å². The number of rotatable bonds is 5. The molecular formula is C16H12ClNO2. The van der Waals surface area contributed by atoms with Crippen LogP contribution >= 0.6 is 11.6 Å². The van der Waals surface area contributed by atoms with Gasteiger partial charge in [-0.15, -0.1) is 0 Å². The van der Waals surface area contributed by atoms with Crippen LogP contribution in [0.3, 0.4) is 0 Å². The van der Waals surface area contributed by atoms with Crippen molar-refractivity contribution in [3.63, 3.8) is 0 Å². The van der Waals surface area contributed by atoms with Gasteiger partial charge in [0, 0.05) is 23.1 Å². The molecule has 0 N–H and O–H groups in total. The number of ether oxygens (including phenoxy) is 1. The predicted octanol–water partition coefficient (Wildman–Crippen LogP) is 3.86. The van der Waals surface area contributed by atoms with Gasteiger partial charge in [-0.05, 0) is 12.1 Å². The second-order valence-corrected chi connectivity index (χ2v) is 4.58. The quantitative estimate of drug-likeness (QED) is 0.784. The topological polar surface area (TPSA) is 50.1 Å². The number of nitrogens with zero attached hydrogens (tertiary/aromatic N) is 1. The third kappa shape index (κ3) is 3.59. The molecule has 0 spiro atoms. The number of ketones is 1. The molecule has 4 heteroatoms. The molecule has 0 unspecified atom stereocenters. The van der Waals surface area contributed by atoms with Gasteiger partial charge in [0.25, 0.3) is 0 Å². The van der Waals surface area contributed by atoms with Crippen molar-refractivity contribution in [2.45, 2.75) is 6.42 Å². The fourth-order valence-corrected chi connectivity index (χ4v) is 1.89. The Balaban J connectivity index is 1.95. The minimum absolute atomic E-state index is 0.00568. The number of hydrogen-bond acceptors (Lipinski definition) is 3. The van der Waals surface area contributed by atoms with Gasteiger partial charge in [0.2, 0.25) is 0 Å². The third-order valence-corrected chi connectivity index (χ3v) is 2.98. The Bertz CT molecular complexity index is 647. The van der Waals surface area contributed by atoms with Crippen molar-refractivity contribution in [3.8, 4) is 11.8 Å². The second-order valence-electron chi connectivity index (χ2n) is 4.14. The van der Waals surface area contributed by atoms with Gasteiger partial charge >= 0.3 is 0 Å². The van der Waals surface area contributed by atoms with Crippen molar-refractivity contribution in [1.29, 1.82) is 5.26 Å². The van der Waals surface area contributed by atoms with Gasteiger partial charge in [0.05, 0.1) is 12.2 Å². The van der Waals surface area contributed by atoms with E-state index in [1.54, 1.807) is 30.3 Å². The fourth-order valence-electron chi connectivity index (χ4n) is 1.73. The maximum absolute atomic E-state index is 11.9. The van der Waals surface area contributed by atoms with Gasteiger partial charge in [0.1, 0.15) is 11.8 Å². The molecule has 0 radical (unpaired) electrons. The predicted molar refractivity (Wildman–Crippen MR) is 77.1 cm³/mol. The Hall–Kier alpha value is -2.31. The van der Waals surface area contributed by atoms with Crippen LogP contribution in [0.25, 0.3) is 0 Å². The van der Waals surface area contributed by atoms with Gasteiger partial charge in [-0.1, -0.05) is 41.9 Å². The molecule has 0 amide bonds. The summed E-state index contributed by atoms with van der Waals surface area (Å²) in [6.45, 7) is 0.211. The van der Waals surface area contributed by atoms with Gasteiger partial charge < -0.3 is 4.74 Å². The summed E-state index contributed by atoms with van der Waals surface area (Å²) in [6, 6.07) is 15.9. The van der Waals surface area contributed by atoms with Crippen LogP contribution in [-0.4, -0.2) is 12.4 Å². The number of Topliss-reactive ketones (excluding diaryl/α,β-unsaturated/α-hetero) is 1. The highest BCUT2D eigenvalue weighted by molar-refractivity contribution is 6.30. The first-order chi connectivity index (χ1) is 9.70. The summed E-state index contributed by atoms with van der Waals surface area (Å²) in [4.78, 5) is 11.9. The molecule has 2 rings (SSSR count). The Labute approximate surface area is 122 Å². The van der Waals surface area contributed by atoms with E-state index in [9.17, 15) is 4.79 Å². The smallest absolute Gasteiger partial charge is 0.166 e. The minimum atomic E-state index is 0.00568. The van der Waals surface area contributed by atoms with E-state index in [1.807, 2.05) is 24.3 Å². The molecule has 2 aromatic carbocycles. The lowest BCUT2D eigenvalue weighted by Crippen LogP contribution is -2.07. The monoisotopic (exact) mass is 285 g/mol. The lowest BCUT2D eigenvalue weighted by atomic mass is 10.1. The van der Waals surface area contributed by atoms with Crippen molar-refractivity contribution in [1.82, 2.24) is 0 Å². The zero-order valence-corrected chi connectivity index (χ0v) is 11.4. The minimum Gasteiger partial charge on any atom is -0.492 e. The number of halogens is 1. The molecule has 0 aliphatic rings. The molecule has 0 aliphatic carbocycles. The average molecular weight is 286 g/mol. The molecular weight excluding hydrogens is 274 g/mol. The van der Waals surface area contributed by atoms with E-state index in [-0.39, 0.29) is 18.8 Å². The van der Waals surface area contributed by atoms with E-state index in [1.165, 1.54) is 0 Å². The maximum Gasteiger partial charge on any atom is 0.166 e. The first kappa shape index (κ1) is 14.1. The van der Waals surface area contributed by atoms with Crippen molar-refractivity contribution < 1.29 is 9.53 Å². The molecule has 0 heterocycles.